The monoisotopic (exact) mass is 437 g/mol. The Bertz CT molecular complexity index is 1010. The van der Waals surface area contributed by atoms with Crippen LogP contribution in [0.15, 0.2) is 42.5 Å². The standard InChI is InChI=1S/C24H27N3O5/c1-15(2)22(28)25-18-5-3-17(4-6-18)24(30)27-11-9-16(10-12-27)23(29)26-19-7-8-20-21(13-19)32-14-31-20/h3-8,13,15-16H,9-12,14H2,1-2H3,(H,25,28)(H,26,29). The topological polar surface area (TPSA) is 97.0 Å². The van der Waals surface area contributed by atoms with E-state index in [0.717, 1.165) is 0 Å². The predicted octanol–water partition coefficient (Wildman–Crippen LogP) is 3.50. The van der Waals surface area contributed by atoms with Crippen molar-refractivity contribution in [2.45, 2.75) is 26.7 Å². The molecule has 2 heterocycles. The number of benzene rings is 2. The summed E-state index contributed by atoms with van der Waals surface area (Å²) in [7, 11) is 0. The maximum Gasteiger partial charge on any atom is 0.253 e. The highest BCUT2D eigenvalue weighted by Crippen LogP contribution is 2.34. The van der Waals surface area contributed by atoms with Gasteiger partial charge in [-0.25, -0.2) is 0 Å². The van der Waals surface area contributed by atoms with E-state index in [-0.39, 0.29) is 36.4 Å². The van der Waals surface area contributed by atoms with Crippen LogP contribution in [0.5, 0.6) is 11.5 Å². The van der Waals surface area contributed by atoms with Crippen molar-refractivity contribution in [2.75, 3.05) is 30.5 Å². The first-order chi connectivity index (χ1) is 15.4. The number of carbonyl (C=O) groups excluding carboxylic acids is 3. The lowest BCUT2D eigenvalue weighted by molar-refractivity contribution is -0.121. The maximum atomic E-state index is 12.8. The Morgan fingerprint density at radius 3 is 2.25 bits per heavy atom. The summed E-state index contributed by atoms with van der Waals surface area (Å²) in [6.07, 6.45) is 1.20. The van der Waals surface area contributed by atoms with E-state index in [4.69, 9.17) is 9.47 Å². The van der Waals surface area contributed by atoms with Gasteiger partial charge in [-0.3, -0.25) is 14.4 Å². The van der Waals surface area contributed by atoms with Crippen molar-refractivity contribution in [1.29, 1.82) is 0 Å². The highest BCUT2D eigenvalue weighted by Gasteiger charge is 2.28. The summed E-state index contributed by atoms with van der Waals surface area (Å²) in [6.45, 7) is 4.88. The molecule has 2 N–H and O–H groups in total. The van der Waals surface area contributed by atoms with Crippen molar-refractivity contribution in [1.82, 2.24) is 4.90 Å². The Kier molecular flexibility index (Phi) is 6.30. The summed E-state index contributed by atoms with van der Waals surface area (Å²) in [6, 6.07) is 12.2. The molecule has 2 aliphatic heterocycles. The first kappa shape index (κ1) is 21.7. The van der Waals surface area contributed by atoms with Crippen LogP contribution in [0.1, 0.15) is 37.0 Å². The molecule has 0 spiro atoms. The molecule has 4 rings (SSSR count). The van der Waals surface area contributed by atoms with Crippen LogP contribution in [0.25, 0.3) is 0 Å². The Labute approximate surface area is 186 Å². The molecule has 0 radical (unpaired) electrons. The quantitative estimate of drug-likeness (QED) is 0.746. The smallest absolute Gasteiger partial charge is 0.253 e. The first-order valence-corrected chi connectivity index (χ1v) is 10.8. The molecule has 2 aliphatic rings. The van der Waals surface area contributed by atoms with Gasteiger partial charge in [-0.1, -0.05) is 13.8 Å². The summed E-state index contributed by atoms with van der Waals surface area (Å²) >= 11 is 0. The number of hydrogen-bond donors (Lipinski definition) is 2. The summed E-state index contributed by atoms with van der Waals surface area (Å²) in [5.74, 6) is 0.842. The van der Waals surface area contributed by atoms with E-state index >= 15 is 0 Å². The van der Waals surface area contributed by atoms with Gasteiger partial charge in [0.1, 0.15) is 0 Å². The first-order valence-electron chi connectivity index (χ1n) is 10.8. The Morgan fingerprint density at radius 2 is 1.56 bits per heavy atom. The van der Waals surface area contributed by atoms with Crippen molar-refractivity contribution < 1.29 is 23.9 Å². The molecule has 32 heavy (non-hydrogen) atoms. The fourth-order valence-corrected chi connectivity index (χ4v) is 3.73. The fourth-order valence-electron chi connectivity index (χ4n) is 3.73. The second-order valence-corrected chi connectivity index (χ2v) is 8.35. The molecule has 0 unspecified atom stereocenters. The molecule has 168 valence electrons. The van der Waals surface area contributed by atoms with Gasteiger partial charge >= 0.3 is 0 Å². The zero-order chi connectivity index (χ0) is 22.7. The minimum absolute atomic E-state index is 0.0544. The number of rotatable bonds is 5. The predicted molar refractivity (Wildman–Crippen MR) is 120 cm³/mol. The van der Waals surface area contributed by atoms with Crippen LogP contribution in [-0.2, 0) is 9.59 Å². The van der Waals surface area contributed by atoms with E-state index in [1.807, 2.05) is 13.8 Å². The highest BCUT2D eigenvalue weighted by molar-refractivity contribution is 5.97. The van der Waals surface area contributed by atoms with Crippen LogP contribution >= 0.6 is 0 Å². The molecular weight excluding hydrogens is 410 g/mol. The molecular formula is C24H27N3O5. The number of anilines is 2. The molecule has 1 fully saturated rings. The number of likely N-dealkylation sites (tertiary alicyclic amines) is 1. The molecule has 0 aliphatic carbocycles. The van der Waals surface area contributed by atoms with Gasteiger partial charge in [0.2, 0.25) is 18.6 Å². The molecule has 8 heteroatoms. The molecule has 3 amide bonds. The fraction of sp³-hybridized carbons (Fsp3) is 0.375. The van der Waals surface area contributed by atoms with Crippen LogP contribution in [0.4, 0.5) is 11.4 Å². The van der Waals surface area contributed by atoms with Crippen molar-refractivity contribution in [3.05, 3.63) is 48.0 Å². The minimum atomic E-state index is -0.155. The number of ether oxygens (including phenoxy) is 2. The lowest BCUT2D eigenvalue weighted by Gasteiger charge is -2.31. The van der Waals surface area contributed by atoms with Crippen molar-refractivity contribution >= 4 is 29.1 Å². The van der Waals surface area contributed by atoms with Crippen molar-refractivity contribution in [3.8, 4) is 11.5 Å². The number of amides is 3. The lowest BCUT2D eigenvalue weighted by Crippen LogP contribution is -2.41. The Balaban J connectivity index is 1.28. The van der Waals surface area contributed by atoms with Gasteiger partial charge in [-0.05, 0) is 49.2 Å². The number of piperidine rings is 1. The molecule has 8 nitrogen and oxygen atoms in total. The molecule has 1 saturated heterocycles. The second-order valence-electron chi connectivity index (χ2n) is 8.35. The third-order valence-electron chi connectivity index (χ3n) is 5.72. The van der Waals surface area contributed by atoms with Gasteiger partial charge in [0.05, 0.1) is 0 Å². The zero-order valence-electron chi connectivity index (χ0n) is 18.2. The summed E-state index contributed by atoms with van der Waals surface area (Å²) in [4.78, 5) is 39.1. The normalized spacial score (nSPS) is 15.5. The van der Waals surface area contributed by atoms with Crippen LogP contribution in [0, 0.1) is 11.8 Å². The molecule has 2 aromatic carbocycles. The second kappa shape index (κ2) is 9.30. The van der Waals surface area contributed by atoms with Gasteiger partial charge in [0.15, 0.2) is 11.5 Å². The van der Waals surface area contributed by atoms with E-state index in [2.05, 4.69) is 10.6 Å². The number of carbonyl (C=O) groups is 3. The van der Waals surface area contributed by atoms with Gasteiger partial charge in [-0.15, -0.1) is 0 Å². The van der Waals surface area contributed by atoms with Crippen LogP contribution in [0.2, 0.25) is 0 Å². The van der Waals surface area contributed by atoms with Gasteiger partial charge in [0, 0.05) is 47.9 Å². The maximum absolute atomic E-state index is 12.8. The third-order valence-corrected chi connectivity index (χ3v) is 5.72. The largest absolute Gasteiger partial charge is 0.454 e. The average Bonchev–Trinajstić information content (AvgIpc) is 3.27. The molecule has 0 saturated carbocycles. The van der Waals surface area contributed by atoms with Gasteiger partial charge < -0.3 is 25.0 Å². The van der Waals surface area contributed by atoms with E-state index < -0.39 is 0 Å². The summed E-state index contributed by atoms with van der Waals surface area (Å²) in [5, 5.41) is 5.75. The third kappa shape index (κ3) is 4.85. The Hall–Kier alpha value is -3.55. The van der Waals surface area contributed by atoms with E-state index in [9.17, 15) is 14.4 Å². The summed E-state index contributed by atoms with van der Waals surface area (Å²) < 4.78 is 10.6. The number of fused-ring (bicyclic) bond motifs is 1. The van der Waals surface area contributed by atoms with E-state index in [1.165, 1.54) is 0 Å². The number of nitrogens with zero attached hydrogens (tertiary/aromatic N) is 1. The number of nitrogens with one attached hydrogen (secondary N) is 2. The van der Waals surface area contributed by atoms with Gasteiger partial charge in [-0.2, -0.15) is 0 Å². The lowest BCUT2D eigenvalue weighted by atomic mass is 9.95. The summed E-state index contributed by atoms with van der Waals surface area (Å²) in [5.41, 5.74) is 1.90. The average molecular weight is 437 g/mol. The van der Waals surface area contributed by atoms with Crippen LogP contribution < -0.4 is 20.1 Å². The van der Waals surface area contributed by atoms with E-state index in [1.54, 1.807) is 47.4 Å². The Morgan fingerprint density at radius 1 is 0.906 bits per heavy atom. The van der Waals surface area contributed by atoms with E-state index in [0.29, 0.717) is 54.4 Å². The molecule has 2 aromatic rings. The zero-order valence-corrected chi connectivity index (χ0v) is 18.2. The van der Waals surface area contributed by atoms with Crippen LogP contribution in [0.3, 0.4) is 0 Å². The molecule has 0 aromatic heterocycles. The SMILES string of the molecule is CC(C)C(=O)Nc1ccc(C(=O)N2CCC(C(=O)Nc3ccc4c(c3)OCO4)CC2)cc1. The van der Waals surface area contributed by atoms with Gasteiger partial charge in [0.25, 0.3) is 5.91 Å². The molecule has 0 atom stereocenters. The minimum Gasteiger partial charge on any atom is -0.454 e. The highest BCUT2D eigenvalue weighted by atomic mass is 16.7. The van der Waals surface area contributed by atoms with Crippen LogP contribution in [-0.4, -0.2) is 42.5 Å². The number of hydrogen-bond acceptors (Lipinski definition) is 5. The van der Waals surface area contributed by atoms with Crippen molar-refractivity contribution in [2.24, 2.45) is 11.8 Å². The van der Waals surface area contributed by atoms with Crippen molar-refractivity contribution in [3.63, 3.8) is 0 Å². The molecule has 0 bridgehead atoms.